The topological polar surface area (TPSA) is 78.9 Å². The molecule has 0 aromatic rings. The lowest BCUT2D eigenvalue weighted by Gasteiger charge is -2.47. The Bertz CT molecular complexity index is 372. The van der Waals surface area contributed by atoms with E-state index >= 15 is 0 Å². The number of hydrogen-bond acceptors (Lipinski definition) is 3. The minimum atomic E-state index is -0.978. The lowest BCUT2D eigenvalue weighted by atomic mass is 9.95. The molecular weight excluding hydrogens is 272 g/mol. The van der Waals surface area contributed by atoms with Crippen molar-refractivity contribution < 1.29 is 19.4 Å². The van der Waals surface area contributed by atoms with Gasteiger partial charge in [-0.3, -0.25) is 0 Å². The van der Waals surface area contributed by atoms with E-state index in [4.69, 9.17) is 9.84 Å². The fourth-order valence-corrected chi connectivity index (χ4v) is 3.10. The molecular formula is C15H26N2O4. The molecule has 2 amide bonds. The molecule has 21 heavy (non-hydrogen) atoms. The fourth-order valence-electron chi connectivity index (χ4n) is 3.10. The second kappa shape index (κ2) is 7.11. The first kappa shape index (κ1) is 16.1. The highest BCUT2D eigenvalue weighted by atomic mass is 16.5. The van der Waals surface area contributed by atoms with E-state index in [1.54, 1.807) is 4.90 Å². The van der Waals surface area contributed by atoms with Crippen molar-refractivity contribution in [3.63, 3.8) is 0 Å². The van der Waals surface area contributed by atoms with Crippen LogP contribution in [0.4, 0.5) is 4.79 Å². The van der Waals surface area contributed by atoms with Crippen LogP contribution in [0.2, 0.25) is 0 Å². The van der Waals surface area contributed by atoms with Crippen molar-refractivity contribution in [3.05, 3.63) is 0 Å². The molecule has 1 saturated carbocycles. The first-order valence-electron chi connectivity index (χ1n) is 7.90. The van der Waals surface area contributed by atoms with Crippen LogP contribution in [0.25, 0.3) is 0 Å². The second-order valence-electron chi connectivity index (χ2n) is 6.48. The molecule has 0 aromatic carbocycles. The Hall–Kier alpha value is -1.30. The molecule has 2 fully saturated rings. The van der Waals surface area contributed by atoms with Gasteiger partial charge in [0.1, 0.15) is 12.2 Å². The Balaban J connectivity index is 1.71. The summed E-state index contributed by atoms with van der Waals surface area (Å²) in [7, 11) is 0. The predicted molar refractivity (Wildman–Crippen MR) is 78.2 cm³/mol. The number of rotatable bonds is 4. The summed E-state index contributed by atoms with van der Waals surface area (Å²) < 4.78 is 5.31. The molecule has 1 aliphatic carbocycles. The lowest BCUT2D eigenvalue weighted by Crippen LogP contribution is -2.65. The van der Waals surface area contributed by atoms with Crippen LogP contribution in [0.15, 0.2) is 0 Å². The summed E-state index contributed by atoms with van der Waals surface area (Å²) in [5.74, 6) is -0.978. The number of nitrogens with one attached hydrogen (secondary N) is 1. The van der Waals surface area contributed by atoms with Gasteiger partial charge in [-0.15, -0.1) is 0 Å². The molecule has 0 bridgehead atoms. The zero-order valence-corrected chi connectivity index (χ0v) is 12.8. The van der Waals surface area contributed by atoms with Crippen LogP contribution in [0.5, 0.6) is 0 Å². The fraction of sp³-hybridized carbons (Fsp3) is 0.867. The number of carbonyl (C=O) groups excluding carboxylic acids is 1. The maximum atomic E-state index is 12.2. The van der Waals surface area contributed by atoms with Crippen molar-refractivity contribution >= 4 is 12.0 Å². The number of likely N-dealkylation sites (tertiary alicyclic amines) is 1. The molecule has 1 saturated heterocycles. The van der Waals surface area contributed by atoms with Crippen molar-refractivity contribution in [3.8, 4) is 0 Å². The lowest BCUT2D eigenvalue weighted by molar-refractivity contribution is -0.159. The molecule has 1 heterocycles. The van der Waals surface area contributed by atoms with E-state index in [1.165, 1.54) is 32.1 Å². The maximum Gasteiger partial charge on any atom is 0.329 e. The Labute approximate surface area is 125 Å². The summed E-state index contributed by atoms with van der Waals surface area (Å²) >= 11 is 0. The van der Waals surface area contributed by atoms with E-state index in [1.807, 2.05) is 6.92 Å². The first-order valence-corrected chi connectivity index (χ1v) is 7.90. The van der Waals surface area contributed by atoms with Gasteiger partial charge in [0.2, 0.25) is 0 Å². The van der Waals surface area contributed by atoms with E-state index in [0.29, 0.717) is 13.1 Å². The predicted octanol–water partition coefficient (Wildman–Crippen LogP) is 1.98. The summed E-state index contributed by atoms with van der Waals surface area (Å²) in [4.78, 5) is 24.4. The van der Waals surface area contributed by atoms with Gasteiger partial charge < -0.3 is 20.1 Å². The Morgan fingerprint density at radius 1 is 1.19 bits per heavy atom. The van der Waals surface area contributed by atoms with Gasteiger partial charge in [0, 0.05) is 6.04 Å². The van der Waals surface area contributed by atoms with Crippen LogP contribution >= 0.6 is 0 Å². The highest BCUT2D eigenvalue weighted by Crippen LogP contribution is 2.25. The van der Waals surface area contributed by atoms with E-state index in [0.717, 1.165) is 12.8 Å². The third kappa shape index (κ3) is 4.88. The second-order valence-corrected chi connectivity index (χ2v) is 6.48. The SMILES string of the molecule is CC1(OCC(=O)O)CN(C(=O)NC2CCCCCCC2)C1. The van der Waals surface area contributed by atoms with Crippen molar-refractivity contribution in [2.24, 2.45) is 0 Å². The maximum absolute atomic E-state index is 12.2. The third-order valence-electron chi connectivity index (χ3n) is 4.31. The van der Waals surface area contributed by atoms with Crippen molar-refractivity contribution in [1.29, 1.82) is 0 Å². The van der Waals surface area contributed by atoms with E-state index < -0.39 is 11.6 Å². The number of carbonyl (C=O) groups is 2. The highest BCUT2D eigenvalue weighted by molar-refractivity contribution is 5.76. The van der Waals surface area contributed by atoms with Crippen LogP contribution in [0.1, 0.15) is 51.9 Å². The molecule has 2 rings (SSSR count). The van der Waals surface area contributed by atoms with Crippen LogP contribution in [-0.2, 0) is 9.53 Å². The molecule has 6 heteroatoms. The van der Waals surface area contributed by atoms with Crippen LogP contribution < -0.4 is 5.32 Å². The molecule has 0 spiro atoms. The summed E-state index contributed by atoms with van der Waals surface area (Å²) in [5.41, 5.74) is -0.517. The van der Waals surface area contributed by atoms with E-state index in [-0.39, 0.29) is 18.7 Å². The van der Waals surface area contributed by atoms with Gasteiger partial charge in [0.15, 0.2) is 0 Å². The smallest absolute Gasteiger partial charge is 0.329 e. The van der Waals surface area contributed by atoms with Gasteiger partial charge in [-0.2, -0.15) is 0 Å². The number of urea groups is 1. The van der Waals surface area contributed by atoms with Gasteiger partial charge in [0.05, 0.1) is 13.1 Å². The van der Waals surface area contributed by atoms with Crippen LogP contribution in [0.3, 0.4) is 0 Å². The molecule has 0 unspecified atom stereocenters. The molecule has 120 valence electrons. The van der Waals surface area contributed by atoms with E-state index in [9.17, 15) is 9.59 Å². The number of carboxylic acid groups (broad SMARTS) is 1. The number of amides is 2. The summed E-state index contributed by atoms with van der Waals surface area (Å²) in [6.07, 6.45) is 8.33. The van der Waals surface area contributed by atoms with Crippen molar-refractivity contribution in [1.82, 2.24) is 10.2 Å². The molecule has 2 N–H and O–H groups in total. The molecule has 1 aliphatic heterocycles. The monoisotopic (exact) mass is 298 g/mol. The number of ether oxygens (including phenoxy) is 1. The van der Waals surface area contributed by atoms with E-state index in [2.05, 4.69) is 5.32 Å². The van der Waals surface area contributed by atoms with Gasteiger partial charge in [-0.25, -0.2) is 9.59 Å². The number of hydrogen-bond donors (Lipinski definition) is 2. The third-order valence-corrected chi connectivity index (χ3v) is 4.31. The molecule has 2 aliphatic rings. The average Bonchev–Trinajstić information content (AvgIpc) is 2.36. The highest BCUT2D eigenvalue weighted by Gasteiger charge is 2.43. The largest absolute Gasteiger partial charge is 0.480 e. The summed E-state index contributed by atoms with van der Waals surface area (Å²) in [5, 5.41) is 11.7. The summed E-state index contributed by atoms with van der Waals surface area (Å²) in [6, 6.07) is 0.238. The first-order chi connectivity index (χ1) is 9.98. The minimum Gasteiger partial charge on any atom is -0.480 e. The minimum absolute atomic E-state index is 0.0445. The average molecular weight is 298 g/mol. The molecule has 6 nitrogen and oxygen atoms in total. The standard InChI is InChI=1S/C15H26N2O4/c1-15(21-9-13(18)19)10-17(11-15)14(20)16-12-7-5-3-2-4-6-8-12/h12H,2-11H2,1H3,(H,16,20)(H,18,19). The number of aliphatic carboxylic acids is 1. The zero-order chi connectivity index (χ0) is 15.3. The van der Waals surface area contributed by atoms with Crippen LogP contribution in [-0.4, -0.2) is 53.3 Å². The normalized spacial score (nSPS) is 22.8. The van der Waals surface area contributed by atoms with Crippen molar-refractivity contribution in [2.45, 2.75) is 63.5 Å². The Morgan fingerprint density at radius 3 is 2.33 bits per heavy atom. The molecule has 0 atom stereocenters. The molecule has 0 aromatic heterocycles. The van der Waals surface area contributed by atoms with Gasteiger partial charge in [-0.1, -0.05) is 32.1 Å². The quantitative estimate of drug-likeness (QED) is 0.832. The number of carboxylic acids is 1. The zero-order valence-electron chi connectivity index (χ0n) is 12.8. The Morgan fingerprint density at radius 2 is 1.76 bits per heavy atom. The van der Waals surface area contributed by atoms with Gasteiger partial charge >= 0.3 is 12.0 Å². The molecule has 0 radical (unpaired) electrons. The van der Waals surface area contributed by atoms with Crippen LogP contribution in [0, 0.1) is 0 Å². The number of nitrogens with zero attached hydrogens (tertiary/aromatic N) is 1. The summed E-state index contributed by atoms with van der Waals surface area (Å²) in [6.45, 7) is 2.45. The Kier molecular flexibility index (Phi) is 5.45. The van der Waals surface area contributed by atoms with Crippen molar-refractivity contribution in [2.75, 3.05) is 19.7 Å². The van der Waals surface area contributed by atoms with Gasteiger partial charge in [0.25, 0.3) is 0 Å². The van der Waals surface area contributed by atoms with Gasteiger partial charge in [-0.05, 0) is 19.8 Å².